The number of aryl methyl sites for hydroxylation is 2. The molecule has 112 valence electrons. The van der Waals surface area contributed by atoms with Gasteiger partial charge in [0, 0.05) is 0 Å². The van der Waals surface area contributed by atoms with Gasteiger partial charge in [0.25, 0.3) is 0 Å². The summed E-state index contributed by atoms with van der Waals surface area (Å²) in [5.41, 5.74) is 7.40. The van der Waals surface area contributed by atoms with Crippen LogP contribution in [0.2, 0.25) is 0 Å². The molecule has 0 atom stereocenters. The van der Waals surface area contributed by atoms with Crippen LogP contribution in [0.15, 0.2) is 60.7 Å². The molecule has 1 heteroatoms. The summed E-state index contributed by atoms with van der Waals surface area (Å²) in [5.74, 6) is 0. The number of hydrogen-bond donors (Lipinski definition) is 0. The SMILES string of the molecule is Cc1cc2c(-c3cccc4ccccc34)c3c(cc2[cH-]1)CCC3.[Li+]. The third-order valence-corrected chi connectivity index (χ3v) is 5.29. The van der Waals surface area contributed by atoms with Gasteiger partial charge >= 0.3 is 18.9 Å². The molecule has 5 rings (SSSR count). The van der Waals surface area contributed by atoms with E-state index in [1.165, 1.54) is 57.5 Å². The minimum absolute atomic E-state index is 0. The zero-order chi connectivity index (χ0) is 15.4. The van der Waals surface area contributed by atoms with E-state index in [0.29, 0.717) is 0 Å². The second-order valence-electron chi connectivity index (χ2n) is 6.81. The van der Waals surface area contributed by atoms with Gasteiger partial charge in [-0.3, -0.25) is 0 Å². The largest absolute Gasteiger partial charge is 1.00 e. The zero-order valence-corrected chi connectivity index (χ0v) is 14.4. The summed E-state index contributed by atoms with van der Waals surface area (Å²) < 4.78 is 0. The first-order chi connectivity index (χ1) is 11.3. The van der Waals surface area contributed by atoms with Crippen LogP contribution in [-0.4, -0.2) is 0 Å². The molecule has 0 aliphatic heterocycles. The summed E-state index contributed by atoms with van der Waals surface area (Å²) in [7, 11) is 0. The van der Waals surface area contributed by atoms with E-state index in [1.54, 1.807) is 11.1 Å². The monoisotopic (exact) mass is 302 g/mol. The van der Waals surface area contributed by atoms with Crippen LogP contribution in [-0.2, 0) is 12.8 Å². The molecule has 0 bridgehead atoms. The summed E-state index contributed by atoms with van der Waals surface area (Å²) in [4.78, 5) is 0. The van der Waals surface area contributed by atoms with Gasteiger partial charge in [0.05, 0.1) is 0 Å². The Kier molecular flexibility index (Phi) is 3.84. The molecule has 0 saturated heterocycles. The van der Waals surface area contributed by atoms with E-state index in [1.807, 2.05) is 0 Å². The van der Waals surface area contributed by atoms with Crippen molar-refractivity contribution in [3.05, 3.63) is 77.4 Å². The first-order valence-corrected chi connectivity index (χ1v) is 8.51. The van der Waals surface area contributed by atoms with E-state index in [2.05, 4.69) is 67.6 Å². The number of rotatable bonds is 1. The van der Waals surface area contributed by atoms with E-state index >= 15 is 0 Å². The van der Waals surface area contributed by atoms with Crippen LogP contribution in [0.5, 0.6) is 0 Å². The Morgan fingerprint density at radius 2 is 1.71 bits per heavy atom. The maximum absolute atomic E-state index is 2.43. The zero-order valence-electron chi connectivity index (χ0n) is 14.4. The molecule has 4 aromatic carbocycles. The van der Waals surface area contributed by atoms with Crippen molar-refractivity contribution in [1.82, 2.24) is 0 Å². The van der Waals surface area contributed by atoms with Gasteiger partial charge in [-0.15, -0.1) is 28.5 Å². The van der Waals surface area contributed by atoms with E-state index in [-0.39, 0.29) is 18.9 Å². The van der Waals surface area contributed by atoms with Crippen molar-refractivity contribution < 1.29 is 18.9 Å². The molecule has 0 N–H and O–H groups in total. The first kappa shape index (κ1) is 15.6. The Hall–Kier alpha value is -1.87. The molecule has 0 amide bonds. The Balaban J connectivity index is 0.00000146. The van der Waals surface area contributed by atoms with E-state index in [4.69, 9.17) is 0 Å². The van der Waals surface area contributed by atoms with Crippen molar-refractivity contribution in [2.45, 2.75) is 26.2 Å². The van der Waals surface area contributed by atoms with Crippen molar-refractivity contribution in [3.8, 4) is 11.1 Å². The quantitative estimate of drug-likeness (QED) is 0.374. The summed E-state index contributed by atoms with van der Waals surface area (Å²) in [6.45, 7) is 2.21. The van der Waals surface area contributed by atoms with Gasteiger partial charge < -0.3 is 0 Å². The third-order valence-electron chi connectivity index (χ3n) is 5.29. The predicted molar refractivity (Wildman–Crippen MR) is 99.2 cm³/mol. The average molecular weight is 302 g/mol. The molecule has 0 nitrogen and oxygen atoms in total. The van der Waals surface area contributed by atoms with Crippen molar-refractivity contribution in [2.24, 2.45) is 0 Å². The fourth-order valence-electron chi connectivity index (χ4n) is 4.32. The second kappa shape index (κ2) is 5.89. The Labute approximate surface area is 155 Å². The van der Waals surface area contributed by atoms with Gasteiger partial charge in [-0.2, -0.15) is 6.07 Å². The van der Waals surface area contributed by atoms with Crippen LogP contribution < -0.4 is 18.9 Å². The number of hydrogen-bond acceptors (Lipinski definition) is 0. The summed E-state index contributed by atoms with van der Waals surface area (Å²) in [6.07, 6.45) is 3.74. The fourth-order valence-corrected chi connectivity index (χ4v) is 4.32. The molecule has 0 fully saturated rings. The summed E-state index contributed by atoms with van der Waals surface area (Å²) >= 11 is 0. The maximum atomic E-state index is 2.43. The van der Waals surface area contributed by atoms with Crippen molar-refractivity contribution in [3.63, 3.8) is 0 Å². The minimum Gasteiger partial charge on any atom is -0.165 e. The van der Waals surface area contributed by atoms with E-state index in [0.717, 1.165) is 0 Å². The van der Waals surface area contributed by atoms with Crippen LogP contribution in [0, 0.1) is 6.92 Å². The molecular formula is C23H19Li. The predicted octanol–water partition coefficient (Wildman–Crippen LogP) is 3.18. The summed E-state index contributed by atoms with van der Waals surface area (Å²) in [6, 6.07) is 22.6. The van der Waals surface area contributed by atoms with Crippen molar-refractivity contribution >= 4 is 21.5 Å². The molecule has 24 heavy (non-hydrogen) atoms. The Morgan fingerprint density at radius 3 is 2.62 bits per heavy atom. The second-order valence-corrected chi connectivity index (χ2v) is 6.81. The van der Waals surface area contributed by atoms with Crippen molar-refractivity contribution in [2.75, 3.05) is 0 Å². The molecule has 1 aliphatic carbocycles. The first-order valence-electron chi connectivity index (χ1n) is 8.51. The molecule has 4 aromatic rings. The number of fused-ring (bicyclic) bond motifs is 3. The molecule has 1 aliphatic rings. The molecular weight excluding hydrogens is 283 g/mol. The van der Waals surface area contributed by atoms with Crippen LogP contribution in [0.25, 0.3) is 32.7 Å². The smallest absolute Gasteiger partial charge is 0.165 e. The topological polar surface area (TPSA) is 0 Å². The Bertz CT molecular complexity index is 1050. The van der Waals surface area contributed by atoms with Gasteiger partial charge in [-0.25, -0.2) is 0 Å². The minimum atomic E-state index is 0. The molecule has 0 saturated carbocycles. The van der Waals surface area contributed by atoms with Gasteiger partial charge in [-0.05, 0) is 35.6 Å². The van der Waals surface area contributed by atoms with Crippen LogP contribution >= 0.6 is 0 Å². The average Bonchev–Trinajstić information content (AvgIpc) is 3.17. The fraction of sp³-hybridized carbons (Fsp3) is 0.174. The Morgan fingerprint density at radius 1 is 0.875 bits per heavy atom. The van der Waals surface area contributed by atoms with E-state index in [9.17, 15) is 0 Å². The van der Waals surface area contributed by atoms with Gasteiger partial charge in [0.15, 0.2) is 0 Å². The standard InChI is InChI=1S/C23H19.Li/c1-15-12-18-14-17-8-5-10-20(17)23(22(18)13-15)21-11-4-7-16-6-2-3-9-19(16)21;/h2-4,6-7,9,11-14H,5,8,10H2,1H3;/q-1;+1. The normalized spacial score (nSPS) is 13.2. The van der Waals surface area contributed by atoms with Gasteiger partial charge in [-0.1, -0.05) is 66.1 Å². The van der Waals surface area contributed by atoms with Gasteiger partial charge in [0.2, 0.25) is 0 Å². The molecule has 0 heterocycles. The molecule has 0 spiro atoms. The maximum Gasteiger partial charge on any atom is 1.00 e. The van der Waals surface area contributed by atoms with Gasteiger partial charge in [0.1, 0.15) is 0 Å². The number of benzene rings is 3. The van der Waals surface area contributed by atoms with Crippen LogP contribution in [0.3, 0.4) is 0 Å². The van der Waals surface area contributed by atoms with Crippen LogP contribution in [0.1, 0.15) is 23.1 Å². The third kappa shape index (κ3) is 2.26. The summed E-state index contributed by atoms with van der Waals surface area (Å²) in [5, 5.41) is 5.54. The molecule has 0 aromatic heterocycles. The molecule has 0 radical (unpaired) electrons. The van der Waals surface area contributed by atoms with E-state index < -0.39 is 0 Å². The van der Waals surface area contributed by atoms with Crippen molar-refractivity contribution in [1.29, 1.82) is 0 Å². The van der Waals surface area contributed by atoms with Crippen LogP contribution in [0.4, 0.5) is 0 Å². The molecule has 0 unspecified atom stereocenters.